The molecule has 0 aliphatic heterocycles. The molecule has 0 aromatic heterocycles. The molecule has 0 saturated carbocycles. The maximum absolute atomic E-state index is 11.4. The van der Waals surface area contributed by atoms with Gasteiger partial charge in [0.15, 0.2) is 0 Å². The van der Waals surface area contributed by atoms with Gasteiger partial charge in [0.2, 0.25) is 5.91 Å². The first kappa shape index (κ1) is 15.6. The van der Waals surface area contributed by atoms with E-state index in [-0.39, 0.29) is 5.91 Å². The number of hydrogen-bond donors (Lipinski definition) is 1. The maximum atomic E-state index is 11.4. The Kier molecular flexibility index (Phi) is 4.65. The van der Waals surface area contributed by atoms with E-state index in [1.165, 1.54) is 27.5 Å². The van der Waals surface area contributed by atoms with Gasteiger partial charge in [0.25, 0.3) is 0 Å². The second kappa shape index (κ2) is 6.86. The first-order valence-electron chi connectivity index (χ1n) is 8.29. The van der Waals surface area contributed by atoms with Crippen molar-refractivity contribution in [2.45, 2.75) is 32.6 Å². The Morgan fingerprint density at radius 1 is 1.26 bits per heavy atom. The minimum Gasteiger partial charge on any atom is -0.496 e. The van der Waals surface area contributed by atoms with Crippen molar-refractivity contribution in [3.63, 3.8) is 0 Å². The molecule has 0 spiro atoms. The molecule has 1 amide bonds. The molecule has 1 N–H and O–H groups in total. The Hall–Kier alpha value is -2.29. The maximum Gasteiger partial charge on any atom is 0.219 e. The standard InChI is InChI=1S/C20H23NO2/c1-3-19(22)21-13-12-14-6-4-9-17-18(23-2)11-10-15-7-5-8-16(14)20(15)17/h5,7-8,10-12H,3-4,6,9,13H2,1-2H3,(H,21,22). The predicted molar refractivity (Wildman–Crippen MR) is 94.7 cm³/mol. The van der Waals surface area contributed by atoms with Crippen LogP contribution in [0.1, 0.15) is 37.3 Å². The molecule has 0 fully saturated rings. The molecule has 0 bridgehead atoms. The molecule has 2 aromatic rings. The lowest BCUT2D eigenvalue weighted by molar-refractivity contribution is -0.120. The predicted octanol–water partition coefficient (Wildman–Crippen LogP) is 4.09. The van der Waals surface area contributed by atoms with E-state index >= 15 is 0 Å². The first-order chi connectivity index (χ1) is 11.2. The fourth-order valence-electron chi connectivity index (χ4n) is 3.36. The van der Waals surface area contributed by atoms with Crippen molar-refractivity contribution in [1.82, 2.24) is 5.32 Å². The molecule has 3 nitrogen and oxygen atoms in total. The van der Waals surface area contributed by atoms with Gasteiger partial charge in [-0.15, -0.1) is 0 Å². The van der Waals surface area contributed by atoms with Crippen LogP contribution in [0, 0.1) is 0 Å². The Morgan fingerprint density at radius 3 is 2.91 bits per heavy atom. The minimum atomic E-state index is 0.0933. The van der Waals surface area contributed by atoms with Crippen LogP contribution >= 0.6 is 0 Å². The van der Waals surface area contributed by atoms with Crippen LogP contribution < -0.4 is 10.1 Å². The summed E-state index contributed by atoms with van der Waals surface area (Å²) in [5, 5.41) is 5.50. The van der Waals surface area contributed by atoms with Crippen molar-refractivity contribution in [2.24, 2.45) is 0 Å². The van der Waals surface area contributed by atoms with E-state index in [4.69, 9.17) is 4.74 Å². The Bertz CT molecular complexity index is 762. The Balaban J connectivity index is 2.05. The second-order valence-corrected chi connectivity index (χ2v) is 5.89. The van der Waals surface area contributed by atoms with Gasteiger partial charge in [-0.25, -0.2) is 0 Å². The molecule has 0 atom stereocenters. The highest BCUT2D eigenvalue weighted by Crippen LogP contribution is 2.38. The highest BCUT2D eigenvalue weighted by Gasteiger charge is 2.17. The van der Waals surface area contributed by atoms with Crippen LogP contribution in [0.25, 0.3) is 16.3 Å². The third kappa shape index (κ3) is 3.09. The molecule has 0 saturated heterocycles. The van der Waals surface area contributed by atoms with Crippen LogP contribution in [0.2, 0.25) is 0 Å². The van der Waals surface area contributed by atoms with E-state index in [0.717, 1.165) is 25.0 Å². The number of carbonyl (C=O) groups is 1. The van der Waals surface area contributed by atoms with Crippen molar-refractivity contribution in [3.05, 3.63) is 47.5 Å². The number of rotatable bonds is 4. The lowest BCUT2D eigenvalue weighted by atomic mass is 9.95. The van der Waals surface area contributed by atoms with Gasteiger partial charge in [-0.1, -0.05) is 37.3 Å². The summed E-state index contributed by atoms with van der Waals surface area (Å²) in [4.78, 5) is 11.4. The van der Waals surface area contributed by atoms with E-state index in [9.17, 15) is 4.79 Å². The molecule has 3 rings (SSSR count). The van der Waals surface area contributed by atoms with Gasteiger partial charge in [-0.3, -0.25) is 4.79 Å². The first-order valence-corrected chi connectivity index (χ1v) is 8.29. The van der Waals surface area contributed by atoms with E-state index in [2.05, 4.69) is 41.7 Å². The number of carbonyl (C=O) groups excluding carboxylic acids is 1. The van der Waals surface area contributed by atoms with Crippen LogP contribution in [0.15, 0.2) is 36.4 Å². The third-order valence-corrected chi connectivity index (χ3v) is 4.52. The van der Waals surface area contributed by atoms with E-state index in [0.29, 0.717) is 13.0 Å². The van der Waals surface area contributed by atoms with Crippen LogP contribution in [0.4, 0.5) is 0 Å². The van der Waals surface area contributed by atoms with Gasteiger partial charge in [0.1, 0.15) is 5.75 Å². The molecule has 2 aromatic carbocycles. The number of hydrogen-bond acceptors (Lipinski definition) is 2. The van der Waals surface area contributed by atoms with Crippen LogP contribution in [-0.2, 0) is 11.2 Å². The van der Waals surface area contributed by atoms with Gasteiger partial charge in [-0.2, -0.15) is 0 Å². The van der Waals surface area contributed by atoms with Gasteiger partial charge < -0.3 is 10.1 Å². The summed E-state index contributed by atoms with van der Waals surface area (Å²) >= 11 is 0. The van der Waals surface area contributed by atoms with Crippen LogP contribution in [0.3, 0.4) is 0 Å². The summed E-state index contributed by atoms with van der Waals surface area (Å²) in [6.45, 7) is 2.47. The lowest BCUT2D eigenvalue weighted by Gasteiger charge is -2.13. The SMILES string of the molecule is CCC(=O)NCC=C1CCCc2c(OC)ccc3cccc1c23. The number of methoxy groups -OCH3 is 1. The fraction of sp³-hybridized carbons (Fsp3) is 0.350. The van der Waals surface area contributed by atoms with E-state index < -0.39 is 0 Å². The Labute approximate surface area is 137 Å². The highest BCUT2D eigenvalue weighted by molar-refractivity contribution is 5.98. The normalized spacial score (nSPS) is 15.5. The lowest BCUT2D eigenvalue weighted by Crippen LogP contribution is -2.22. The summed E-state index contributed by atoms with van der Waals surface area (Å²) in [5.74, 6) is 1.07. The van der Waals surface area contributed by atoms with Crippen molar-refractivity contribution in [2.75, 3.05) is 13.7 Å². The van der Waals surface area contributed by atoms with Gasteiger partial charge in [0.05, 0.1) is 7.11 Å². The molecule has 1 aliphatic carbocycles. The molecule has 23 heavy (non-hydrogen) atoms. The van der Waals surface area contributed by atoms with Crippen molar-refractivity contribution >= 4 is 22.3 Å². The largest absolute Gasteiger partial charge is 0.496 e. The third-order valence-electron chi connectivity index (χ3n) is 4.52. The van der Waals surface area contributed by atoms with E-state index in [1.54, 1.807) is 7.11 Å². The zero-order valence-corrected chi connectivity index (χ0v) is 13.8. The van der Waals surface area contributed by atoms with Gasteiger partial charge in [0, 0.05) is 18.5 Å². The molecular formula is C20H23NO2. The monoisotopic (exact) mass is 309 g/mol. The molecule has 3 heteroatoms. The van der Waals surface area contributed by atoms with Crippen molar-refractivity contribution in [3.8, 4) is 5.75 Å². The van der Waals surface area contributed by atoms with Crippen LogP contribution in [0.5, 0.6) is 5.75 Å². The smallest absolute Gasteiger partial charge is 0.219 e. The molecule has 0 heterocycles. The molecule has 120 valence electrons. The summed E-state index contributed by atoms with van der Waals surface area (Å²) in [7, 11) is 1.74. The number of ether oxygens (including phenoxy) is 1. The molecule has 0 unspecified atom stereocenters. The second-order valence-electron chi connectivity index (χ2n) is 5.89. The summed E-state index contributed by atoms with van der Waals surface area (Å²) in [5.41, 5.74) is 3.90. The number of benzene rings is 2. The van der Waals surface area contributed by atoms with Crippen molar-refractivity contribution < 1.29 is 9.53 Å². The number of nitrogens with one attached hydrogen (secondary N) is 1. The average molecular weight is 309 g/mol. The topological polar surface area (TPSA) is 38.3 Å². The van der Waals surface area contributed by atoms with E-state index in [1.807, 2.05) is 6.92 Å². The highest BCUT2D eigenvalue weighted by atomic mass is 16.5. The molecule has 0 radical (unpaired) electrons. The summed E-state index contributed by atoms with van der Waals surface area (Å²) in [6.07, 6.45) is 5.84. The number of amides is 1. The quantitative estimate of drug-likeness (QED) is 0.923. The van der Waals surface area contributed by atoms with Crippen LogP contribution in [-0.4, -0.2) is 19.6 Å². The zero-order valence-electron chi connectivity index (χ0n) is 13.8. The number of aryl methyl sites for hydroxylation is 1. The summed E-state index contributed by atoms with van der Waals surface area (Å²) < 4.78 is 5.57. The average Bonchev–Trinajstić information content (AvgIpc) is 2.77. The minimum absolute atomic E-state index is 0.0933. The van der Waals surface area contributed by atoms with Gasteiger partial charge in [-0.05, 0) is 47.2 Å². The fourth-order valence-corrected chi connectivity index (χ4v) is 3.36. The number of allylic oxidation sites excluding steroid dienone is 1. The molecular weight excluding hydrogens is 286 g/mol. The van der Waals surface area contributed by atoms with Crippen molar-refractivity contribution in [1.29, 1.82) is 0 Å². The summed E-state index contributed by atoms with van der Waals surface area (Å²) in [6, 6.07) is 10.6. The van der Waals surface area contributed by atoms with Gasteiger partial charge >= 0.3 is 0 Å². The zero-order chi connectivity index (χ0) is 16.2. The Morgan fingerprint density at radius 2 is 2.13 bits per heavy atom. The molecule has 1 aliphatic rings.